The normalized spacial score (nSPS) is 18.2. The summed E-state index contributed by atoms with van der Waals surface area (Å²) in [6, 6.07) is 7.36. The third-order valence-electron chi connectivity index (χ3n) is 4.84. The summed E-state index contributed by atoms with van der Waals surface area (Å²) >= 11 is 0. The Kier molecular flexibility index (Phi) is 7.18. The molecule has 0 spiro atoms. The van der Waals surface area contributed by atoms with E-state index in [2.05, 4.69) is 16.7 Å². The molecule has 1 aliphatic heterocycles. The number of amides is 1. The molecule has 134 valence electrons. The lowest BCUT2D eigenvalue weighted by Gasteiger charge is -2.28. The molecule has 1 atom stereocenters. The second-order valence-electron chi connectivity index (χ2n) is 6.97. The van der Waals surface area contributed by atoms with Crippen molar-refractivity contribution in [1.82, 2.24) is 14.7 Å². The molecule has 0 radical (unpaired) electrons. The number of benzene rings is 1. The second kappa shape index (κ2) is 9.14. The fraction of sp³-hybridized carbons (Fsp3) is 0.632. The summed E-state index contributed by atoms with van der Waals surface area (Å²) in [6.45, 7) is 6.73. The van der Waals surface area contributed by atoms with E-state index in [0.717, 1.165) is 51.0 Å². The Morgan fingerprint density at radius 2 is 2.04 bits per heavy atom. The van der Waals surface area contributed by atoms with Crippen molar-refractivity contribution < 1.29 is 9.18 Å². The molecule has 1 amide bonds. The van der Waals surface area contributed by atoms with E-state index in [1.807, 2.05) is 6.07 Å². The minimum atomic E-state index is -0.156. The predicted molar refractivity (Wildman–Crippen MR) is 95.5 cm³/mol. The number of hydrogen-bond acceptors (Lipinski definition) is 3. The standard InChI is InChI=1S/C19H30FN3O/c1-16(8-9-17-6-4-7-18(20)14-17)23-11-5-10-22(12-13-23)15-19(24)21(2)3/h4,6-7,14,16H,5,8-13,15H2,1-3H3. The van der Waals surface area contributed by atoms with Gasteiger partial charge < -0.3 is 4.90 Å². The third kappa shape index (κ3) is 5.87. The minimum absolute atomic E-state index is 0.156. The van der Waals surface area contributed by atoms with Gasteiger partial charge in [0, 0.05) is 33.2 Å². The van der Waals surface area contributed by atoms with Gasteiger partial charge in [0.25, 0.3) is 0 Å². The summed E-state index contributed by atoms with van der Waals surface area (Å²) in [4.78, 5) is 18.3. The molecule has 4 nitrogen and oxygen atoms in total. The predicted octanol–water partition coefficient (Wildman–Crippen LogP) is 2.24. The van der Waals surface area contributed by atoms with E-state index >= 15 is 0 Å². The molecule has 1 fully saturated rings. The molecule has 2 rings (SSSR count). The van der Waals surface area contributed by atoms with Crippen LogP contribution in [0, 0.1) is 5.82 Å². The minimum Gasteiger partial charge on any atom is -0.348 e. The molecule has 5 heteroatoms. The second-order valence-corrected chi connectivity index (χ2v) is 6.97. The van der Waals surface area contributed by atoms with Crippen LogP contribution in [0.3, 0.4) is 0 Å². The maximum Gasteiger partial charge on any atom is 0.236 e. The van der Waals surface area contributed by atoms with Crippen LogP contribution in [0.1, 0.15) is 25.3 Å². The Morgan fingerprint density at radius 3 is 2.75 bits per heavy atom. The first-order valence-electron chi connectivity index (χ1n) is 8.86. The average Bonchev–Trinajstić information content (AvgIpc) is 2.78. The van der Waals surface area contributed by atoms with Crippen LogP contribution in [-0.4, -0.2) is 73.5 Å². The molecule has 1 saturated heterocycles. The number of rotatable bonds is 6. The molecule has 0 bridgehead atoms. The van der Waals surface area contributed by atoms with Gasteiger partial charge in [-0.2, -0.15) is 0 Å². The first-order chi connectivity index (χ1) is 11.5. The van der Waals surface area contributed by atoms with Crippen LogP contribution in [0.15, 0.2) is 24.3 Å². The van der Waals surface area contributed by atoms with Crippen molar-refractivity contribution in [3.8, 4) is 0 Å². The van der Waals surface area contributed by atoms with E-state index in [0.29, 0.717) is 12.6 Å². The SMILES string of the molecule is CC(CCc1cccc(F)c1)N1CCCN(CC(=O)N(C)C)CC1. The van der Waals surface area contributed by atoms with Crippen molar-refractivity contribution in [2.45, 2.75) is 32.2 Å². The van der Waals surface area contributed by atoms with Crippen LogP contribution < -0.4 is 0 Å². The van der Waals surface area contributed by atoms with Gasteiger partial charge >= 0.3 is 0 Å². The molecule has 1 aromatic carbocycles. The zero-order valence-corrected chi connectivity index (χ0v) is 15.2. The summed E-state index contributed by atoms with van der Waals surface area (Å²) < 4.78 is 13.3. The zero-order chi connectivity index (χ0) is 17.5. The molecule has 1 aromatic rings. The van der Waals surface area contributed by atoms with E-state index in [4.69, 9.17) is 0 Å². The van der Waals surface area contributed by atoms with Crippen LogP contribution in [-0.2, 0) is 11.2 Å². The average molecular weight is 335 g/mol. The van der Waals surface area contributed by atoms with E-state index in [1.165, 1.54) is 6.07 Å². The first-order valence-corrected chi connectivity index (χ1v) is 8.86. The highest BCUT2D eigenvalue weighted by Crippen LogP contribution is 2.14. The topological polar surface area (TPSA) is 26.8 Å². The maximum absolute atomic E-state index is 13.3. The van der Waals surface area contributed by atoms with Gasteiger partial charge in [-0.25, -0.2) is 4.39 Å². The van der Waals surface area contributed by atoms with Crippen LogP contribution in [0.5, 0.6) is 0 Å². The zero-order valence-electron chi connectivity index (χ0n) is 15.2. The number of hydrogen-bond donors (Lipinski definition) is 0. The van der Waals surface area contributed by atoms with Gasteiger partial charge in [-0.15, -0.1) is 0 Å². The number of likely N-dealkylation sites (N-methyl/N-ethyl adjacent to an activating group) is 1. The lowest BCUT2D eigenvalue weighted by atomic mass is 10.0. The number of nitrogens with zero attached hydrogens (tertiary/aromatic N) is 3. The van der Waals surface area contributed by atoms with Crippen molar-refractivity contribution in [3.05, 3.63) is 35.6 Å². The summed E-state index contributed by atoms with van der Waals surface area (Å²) in [5, 5.41) is 0. The number of halogens is 1. The Morgan fingerprint density at radius 1 is 1.25 bits per heavy atom. The molecule has 1 heterocycles. The summed E-state index contributed by atoms with van der Waals surface area (Å²) in [5.41, 5.74) is 1.06. The lowest BCUT2D eigenvalue weighted by molar-refractivity contribution is -0.129. The molecule has 0 saturated carbocycles. The maximum atomic E-state index is 13.3. The van der Waals surface area contributed by atoms with Gasteiger partial charge in [-0.1, -0.05) is 12.1 Å². The molecule has 1 aliphatic rings. The van der Waals surface area contributed by atoms with E-state index in [1.54, 1.807) is 31.1 Å². The molecular formula is C19H30FN3O. The first kappa shape index (κ1) is 18.9. The molecular weight excluding hydrogens is 305 g/mol. The van der Waals surface area contributed by atoms with Gasteiger partial charge in [0.15, 0.2) is 0 Å². The van der Waals surface area contributed by atoms with Crippen LogP contribution in [0.4, 0.5) is 4.39 Å². The van der Waals surface area contributed by atoms with Crippen molar-refractivity contribution in [2.24, 2.45) is 0 Å². The molecule has 24 heavy (non-hydrogen) atoms. The third-order valence-corrected chi connectivity index (χ3v) is 4.84. The lowest BCUT2D eigenvalue weighted by Crippen LogP contribution is -2.40. The number of carbonyl (C=O) groups is 1. The van der Waals surface area contributed by atoms with E-state index in [-0.39, 0.29) is 11.7 Å². The van der Waals surface area contributed by atoms with E-state index in [9.17, 15) is 9.18 Å². The highest BCUT2D eigenvalue weighted by molar-refractivity contribution is 5.77. The molecule has 1 unspecified atom stereocenters. The van der Waals surface area contributed by atoms with Crippen molar-refractivity contribution in [2.75, 3.05) is 46.8 Å². The monoisotopic (exact) mass is 335 g/mol. The largest absolute Gasteiger partial charge is 0.348 e. The van der Waals surface area contributed by atoms with Gasteiger partial charge in [0.05, 0.1) is 6.54 Å². The van der Waals surface area contributed by atoms with Gasteiger partial charge in [0.1, 0.15) is 5.82 Å². The Bertz CT molecular complexity index is 535. The summed E-state index contributed by atoms with van der Waals surface area (Å²) in [5.74, 6) is 0.0127. The highest BCUT2D eigenvalue weighted by atomic mass is 19.1. The van der Waals surface area contributed by atoms with Crippen molar-refractivity contribution in [3.63, 3.8) is 0 Å². The van der Waals surface area contributed by atoms with Crippen LogP contribution >= 0.6 is 0 Å². The quantitative estimate of drug-likeness (QED) is 0.798. The van der Waals surface area contributed by atoms with E-state index < -0.39 is 0 Å². The van der Waals surface area contributed by atoms with Gasteiger partial charge in [-0.3, -0.25) is 14.6 Å². The summed E-state index contributed by atoms with van der Waals surface area (Å²) in [6.07, 6.45) is 3.02. The van der Waals surface area contributed by atoms with Gasteiger partial charge in [-0.05, 0) is 57.0 Å². The smallest absolute Gasteiger partial charge is 0.236 e. The highest BCUT2D eigenvalue weighted by Gasteiger charge is 2.20. The van der Waals surface area contributed by atoms with Crippen molar-refractivity contribution in [1.29, 1.82) is 0 Å². The van der Waals surface area contributed by atoms with Crippen molar-refractivity contribution >= 4 is 5.91 Å². The molecule has 0 aromatic heterocycles. The number of aryl methyl sites for hydroxylation is 1. The van der Waals surface area contributed by atoms with Crippen LogP contribution in [0.25, 0.3) is 0 Å². The molecule has 0 N–H and O–H groups in total. The summed E-state index contributed by atoms with van der Waals surface area (Å²) in [7, 11) is 3.61. The Balaban J connectivity index is 1.79. The Labute approximate surface area is 145 Å². The number of carbonyl (C=O) groups excluding carboxylic acids is 1. The van der Waals surface area contributed by atoms with Gasteiger partial charge in [0.2, 0.25) is 5.91 Å². The van der Waals surface area contributed by atoms with Crippen LogP contribution in [0.2, 0.25) is 0 Å². The Hall–Kier alpha value is -1.46. The fourth-order valence-electron chi connectivity index (χ4n) is 3.17. The molecule has 0 aliphatic carbocycles. The fourth-order valence-corrected chi connectivity index (χ4v) is 3.17.